The molecule has 1 aromatic carbocycles. The van der Waals surface area contributed by atoms with Gasteiger partial charge in [-0.05, 0) is 24.6 Å². The Morgan fingerprint density at radius 3 is 2.89 bits per heavy atom. The minimum absolute atomic E-state index is 0.0546. The predicted molar refractivity (Wildman–Crippen MR) is 72.0 cm³/mol. The minimum atomic E-state index is -0.456. The summed E-state index contributed by atoms with van der Waals surface area (Å²) in [4.78, 5) is 12.2. The standard InChI is InChI=1S/C14H14ClFN2O/c1-2-8-18-13(6-7-17-18)14(19)9-10-11(15)4-3-5-12(10)16/h3-7H,2,8-9H2,1H3. The molecule has 0 spiro atoms. The van der Waals surface area contributed by atoms with Crippen LogP contribution >= 0.6 is 11.6 Å². The van der Waals surface area contributed by atoms with E-state index < -0.39 is 5.82 Å². The van der Waals surface area contributed by atoms with Crippen molar-refractivity contribution in [2.24, 2.45) is 0 Å². The lowest BCUT2D eigenvalue weighted by atomic mass is 10.1. The molecule has 0 radical (unpaired) electrons. The molecule has 2 aromatic rings. The van der Waals surface area contributed by atoms with E-state index >= 15 is 0 Å². The van der Waals surface area contributed by atoms with E-state index in [1.807, 2.05) is 6.92 Å². The molecule has 0 bridgehead atoms. The summed E-state index contributed by atoms with van der Waals surface area (Å²) in [5.41, 5.74) is 0.722. The molecule has 0 aliphatic heterocycles. The zero-order valence-corrected chi connectivity index (χ0v) is 11.3. The summed E-state index contributed by atoms with van der Waals surface area (Å²) in [6.07, 6.45) is 2.40. The molecule has 0 N–H and O–H groups in total. The maximum atomic E-state index is 13.6. The highest BCUT2D eigenvalue weighted by Gasteiger charge is 2.16. The van der Waals surface area contributed by atoms with Gasteiger partial charge in [0.05, 0.1) is 0 Å². The first-order valence-electron chi connectivity index (χ1n) is 6.11. The van der Waals surface area contributed by atoms with Gasteiger partial charge in [0.15, 0.2) is 5.78 Å². The number of halogens is 2. The van der Waals surface area contributed by atoms with Crippen LogP contribution in [0.3, 0.4) is 0 Å². The first kappa shape index (κ1) is 13.7. The van der Waals surface area contributed by atoms with Crippen LogP contribution in [0, 0.1) is 5.82 Å². The number of rotatable bonds is 5. The lowest BCUT2D eigenvalue weighted by molar-refractivity contribution is 0.0981. The minimum Gasteiger partial charge on any atom is -0.292 e. The Morgan fingerprint density at radius 2 is 2.21 bits per heavy atom. The third kappa shape index (κ3) is 3.01. The van der Waals surface area contributed by atoms with Gasteiger partial charge in [-0.25, -0.2) is 4.39 Å². The highest BCUT2D eigenvalue weighted by Crippen LogP contribution is 2.21. The number of nitrogens with zero attached hydrogens (tertiary/aromatic N) is 2. The molecule has 0 saturated heterocycles. The van der Waals surface area contributed by atoms with Crippen molar-refractivity contribution < 1.29 is 9.18 Å². The molecule has 0 fully saturated rings. The van der Waals surface area contributed by atoms with Gasteiger partial charge >= 0.3 is 0 Å². The Kier molecular flexibility index (Phi) is 4.32. The molecular weight excluding hydrogens is 267 g/mol. The molecule has 5 heteroatoms. The predicted octanol–water partition coefficient (Wildman–Crippen LogP) is 3.51. The summed E-state index contributed by atoms with van der Waals surface area (Å²) in [6.45, 7) is 2.67. The zero-order chi connectivity index (χ0) is 13.8. The van der Waals surface area contributed by atoms with Crippen molar-refractivity contribution in [2.45, 2.75) is 26.3 Å². The van der Waals surface area contributed by atoms with E-state index in [1.54, 1.807) is 23.0 Å². The fraction of sp³-hybridized carbons (Fsp3) is 0.286. The molecule has 0 amide bonds. The summed E-state index contributed by atoms with van der Waals surface area (Å²) in [5, 5.41) is 4.36. The average molecular weight is 281 g/mol. The van der Waals surface area contributed by atoms with Crippen molar-refractivity contribution in [3.05, 3.63) is 52.6 Å². The van der Waals surface area contributed by atoms with Crippen LogP contribution in [-0.2, 0) is 13.0 Å². The van der Waals surface area contributed by atoms with Crippen LogP contribution in [0.4, 0.5) is 4.39 Å². The van der Waals surface area contributed by atoms with Crippen LogP contribution in [0.2, 0.25) is 5.02 Å². The third-order valence-corrected chi connectivity index (χ3v) is 3.19. The van der Waals surface area contributed by atoms with Crippen molar-refractivity contribution in [3.8, 4) is 0 Å². The van der Waals surface area contributed by atoms with Crippen molar-refractivity contribution in [1.29, 1.82) is 0 Å². The van der Waals surface area contributed by atoms with Crippen molar-refractivity contribution in [2.75, 3.05) is 0 Å². The number of benzene rings is 1. The zero-order valence-electron chi connectivity index (χ0n) is 10.6. The monoisotopic (exact) mass is 280 g/mol. The van der Waals surface area contributed by atoms with Gasteiger partial charge in [-0.1, -0.05) is 24.6 Å². The molecule has 0 unspecified atom stereocenters. The molecule has 1 aromatic heterocycles. The molecule has 3 nitrogen and oxygen atoms in total. The second-order valence-electron chi connectivity index (χ2n) is 4.24. The number of carbonyl (C=O) groups is 1. The molecule has 100 valence electrons. The smallest absolute Gasteiger partial charge is 0.185 e. The number of hydrogen-bond acceptors (Lipinski definition) is 2. The van der Waals surface area contributed by atoms with Crippen LogP contribution in [-0.4, -0.2) is 15.6 Å². The summed E-state index contributed by atoms with van der Waals surface area (Å²) in [7, 11) is 0. The van der Waals surface area contributed by atoms with E-state index in [-0.39, 0.29) is 22.8 Å². The molecule has 1 heterocycles. The Labute approximate surface area is 116 Å². The quantitative estimate of drug-likeness (QED) is 0.786. The summed E-state index contributed by atoms with van der Waals surface area (Å²) in [6, 6.07) is 6.05. The average Bonchev–Trinajstić information content (AvgIpc) is 2.83. The number of hydrogen-bond donors (Lipinski definition) is 0. The maximum Gasteiger partial charge on any atom is 0.185 e. The summed E-state index contributed by atoms with van der Waals surface area (Å²) >= 11 is 5.92. The fourth-order valence-corrected chi connectivity index (χ4v) is 2.14. The van der Waals surface area contributed by atoms with Gasteiger partial charge in [-0.3, -0.25) is 9.48 Å². The van der Waals surface area contributed by atoms with Crippen LogP contribution < -0.4 is 0 Å². The Balaban J connectivity index is 2.24. The Hall–Kier alpha value is -1.68. The van der Waals surface area contributed by atoms with Gasteiger partial charge in [0.2, 0.25) is 0 Å². The second kappa shape index (κ2) is 5.97. The third-order valence-electron chi connectivity index (χ3n) is 2.84. The van der Waals surface area contributed by atoms with E-state index in [4.69, 9.17) is 11.6 Å². The van der Waals surface area contributed by atoms with E-state index in [9.17, 15) is 9.18 Å². The lowest BCUT2D eigenvalue weighted by Gasteiger charge is -2.07. The molecule has 2 rings (SSSR count). The molecule has 0 aliphatic rings. The SMILES string of the molecule is CCCn1nccc1C(=O)Cc1c(F)cccc1Cl. The number of aromatic nitrogens is 2. The Morgan fingerprint density at radius 1 is 1.42 bits per heavy atom. The number of ketones is 1. The van der Waals surface area contributed by atoms with Crippen LogP contribution in [0.5, 0.6) is 0 Å². The van der Waals surface area contributed by atoms with Gasteiger partial charge in [0.1, 0.15) is 11.5 Å². The van der Waals surface area contributed by atoms with Crippen LogP contribution in [0.1, 0.15) is 29.4 Å². The Bertz CT molecular complexity index is 575. The normalized spacial score (nSPS) is 10.7. The van der Waals surface area contributed by atoms with Crippen molar-refractivity contribution in [1.82, 2.24) is 9.78 Å². The first-order chi connectivity index (χ1) is 9.13. The van der Waals surface area contributed by atoms with Gasteiger partial charge in [-0.15, -0.1) is 0 Å². The molecule has 0 saturated carbocycles. The van der Waals surface area contributed by atoms with Gasteiger partial charge in [-0.2, -0.15) is 5.10 Å². The summed E-state index contributed by atoms with van der Waals surface area (Å²) < 4.78 is 15.3. The lowest BCUT2D eigenvalue weighted by Crippen LogP contribution is -2.13. The second-order valence-corrected chi connectivity index (χ2v) is 4.65. The van der Waals surface area contributed by atoms with E-state index in [0.717, 1.165) is 6.42 Å². The first-order valence-corrected chi connectivity index (χ1v) is 6.49. The maximum absolute atomic E-state index is 13.6. The molecular formula is C14H14ClFN2O. The van der Waals surface area contributed by atoms with Crippen LogP contribution in [0.15, 0.2) is 30.5 Å². The van der Waals surface area contributed by atoms with Crippen LogP contribution in [0.25, 0.3) is 0 Å². The largest absolute Gasteiger partial charge is 0.292 e. The van der Waals surface area contributed by atoms with E-state index in [2.05, 4.69) is 5.10 Å². The van der Waals surface area contributed by atoms with Crippen molar-refractivity contribution >= 4 is 17.4 Å². The number of aryl methyl sites for hydroxylation is 1. The van der Waals surface area contributed by atoms with Gasteiger partial charge < -0.3 is 0 Å². The van der Waals surface area contributed by atoms with Gasteiger partial charge in [0, 0.05) is 29.7 Å². The number of carbonyl (C=O) groups excluding carboxylic acids is 1. The van der Waals surface area contributed by atoms with Gasteiger partial charge in [0.25, 0.3) is 0 Å². The summed E-state index contributed by atoms with van der Waals surface area (Å²) in [5.74, 6) is -0.639. The highest BCUT2D eigenvalue weighted by molar-refractivity contribution is 6.31. The molecule has 0 atom stereocenters. The topological polar surface area (TPSA) is 34.9 Å². The highest BCUT2D eigenvalue weighted by atomic mass is 35.5. The number of Topliss-reactive ketones (excluding diaryl/α,β-unsaturated/α-hetero) is 1. The fourth-order valence-electron chi connectivity index (χ4n) is 1.91. The van der Waals surface area contributed by atoms with Crippen molar-refractivity contribution in [3.63, 3.8) is 0 Å². The molecule has 0 aliphatic carbocycles. The van der Waals surface area contributed by atoms with E-state index in [0.29, 0.717) is 12.2 Å². The van der Waals surface area contributed by atoms with E-state index in [1.165, 1.54) is 12.1 Å². The molecule has 19 heavy (non-hydrogen) atoms.